The van der Waals surface area contributed by atoms with E-state index >= 15 is 0 Å². The van der Waals surface area contributed by atoms with Gasteiger partial charge in [0.2, 0.25) is 0 Å². The van der Waals surface area contributed by atoms with Gasteiger partial charge in [-0.1, -0.05) is 23.8 Å². The molecule has 17 heavy (non-hydrogen) atoms. The van der Waals surface area contributed by atoms with Gasteiger partial charge in [-0.15, -0.1) is 0 Å². The lowest BCUT2D eigenvalue weighted by atomic mass is 10.1. The van der Waals surface area contributed by atoms with Crippen LogP contribution in [0, 0.1) is 6.92 Å². The third-order valence-electron chi connectivity index (χ3n) is 3.21. The van der Waals surface area contributed by atoms with Gasteiger partial charge in [0, 0.05) is 11.5 Å². The quantitative estimate of drug-likeness (QED) is 0.773. The Morgan fingerprint density at radius 1 is 1.35 bits per heavy atom. The zero-order chi connectivity index (χ0) is 12.0. The topological polar surface area (TPSA) is 69.9 Å². The van der Waals surface area contributed by atoms with Gasteiger partial charge in [0.1, 0.15) is 11.5 Å². The molecule has 88 valence electrons. The Labute approximate surface area is 100 Å². The summed E-state index contributed by atoms with van der Waals surface area (Å²) in [5.41, 5.74) is 9.06. The van der Waals surface area contributed by atoms with Gasteiger partial charge in [0.05, 0.1) is 0 Å². The Hall–Kier alpha value is -1.97. The molecule has 1 aliphatic rings. The summed E-state index contributed by atoms with van der Waals surface area (Å²) in [6, 6.07) is 8.16. The molecule has 0 amide bonds. The van der Waals surface area contributed by atoms with Gasteiger partial charge in [-0.05, 0) is 25.8 Å². The van der Waals surface area contributed by atoms with Crippen LogP contribution in [-0.4, -0.2) is 9.66 Å². The van der Waals surface area contributed by atoms with Crippen molar-refractivity contribution >= 4 is 5.82 Å². The molecule has 1 saturated carbocycles. The number of nitrogens with zero attached hydrogens (tertiary/aromatic N) is 2. The highest BCUT2D eigenvalue weighted by Gasteiger charge is 2.30. The fraction of sp³-hybridized carbons (Fsp3) is 0.308. The predicted molar refractivity (Wildman–Crippen MR) is 68.9 cm³/mol. The Morgan fingerprint density at radius 3 is 2.76 bits per heavy atom. The number of aromatic nitrogens is 2. The molecule has 4 heteroatoms. The molecule has 1 aliphatic carbocycles. The van der Waals surface area contributed by atoms with E-state index in [0.29, 0.717) is 11.7 Å². The van der Waals surface area contributed by atoms with Crippen LogP contribution >= 0.6 is 0 Å². The monoisotopic (exact) mass is 228 g/mol. The number of hydrogen-bond acceptors (Lipinski definition) is 3. The summed E-state index contributed by atoms with van der Waals surface area (Å²) in [6.45, 7) is 2.06. The van der Waals surface area contributed by atoms with Crippen LogP contribution in [0.2, 0.25) is 0 Å². The molecule has 0 saturated heterocycles. The van der Waals surface area contributed by atoms with Crippen molar-refractivity contribution in [3.05, 3.63) is 35.7 Å². The lowest BCUT2D eigenvalue weighted by Gasteiger charge is -2.01. The molecule has 2 aromatic rings. The van der Waals surface area contributed by atoms with E-state index in [4.69, 9.17) is 11.6 Å². The number of aryl methyl sites for hydroxylation is 1. The van der Waals surface area contributed by atoms with Crippen molar-refractivity contribution in [1.29, 1.82) is 0 Å². The number of hydrogen-bond donors (Lipinski definition) is 2. The average Bonchev–Trinajstić information content (AvgIpc) is 3.09. The third kappa shape index (κ3) is 1.65. The Balaban J connectivity index is 2.11. The molecule has 0 spiro atoms. The van der Waals surface area contributed by atoms with Gasteiger partial charge in [-0.2, -0.15) is 0 Å². The molecular formula is C13H16N4. The molecule has 1 aromatic heterocycles. The summed E-state index contributed by atoms with van der Waals surface area (Å²) >= 11 is 0. The minimum absolute atomic E-state index is 0.501. The first-order valence-corrected chi connectivity index (χ1v) is 5.87. The molecule has 0 aliphatic heterocycles. The molecular weight excluding hydrogens is 212 g/mol. The van der Waals surface area contributed by atoms with E-state index in [-0.39, 0.29) is 0 Å². The minimum atomic E-state index is 0.501. The van der Waals surface area contributed by atoms with Gasteiger partial charge < -0.3 is 11.6 Å². The maximum Gasteiger partial charge on any atom is 0.150 e. The van der Waals surface area contributed by atoms with Gasteiger partial charge in [0.15, 0.2) is 5.82 Å². The Bertz CT molecular complexity index is 567. The summed E-state index contributed by atoms with van der Waals surface area (Å²) < 4.78 is 1.54. The molecule has 0 atom stereocenters. The van der Waals surface area contributed by atoms with Crippen molar-refractivity contribution < 1.29 is 0 Å². The maximum atomic E-state index is 6.03. The highest BCUT2D eigenvalue weighted by atomic mass is 15.4. The normalized spacial score (nSPS) is 15.1. The van der Waals surface area contributed by atoms with Crippen LogP contribution in [0.15, 0.2) is 24.3 Å². The predicted octanol–water partition coefficient (Wildman–Crippen LogP) is 2.03. The third-order valence-corrected chi connectivity index (χ3v) is 3.21. The van der Waals surface area contributed by atoms with Crippen molar-refractivity contribution in [3.63, 3.8) is 0 Å². The molecule has 1 aromatic carbocycles. The van der Waals surface area contributed by atoms with Gasteiger partial charge in [0.25, 0.3) is 0 Å². The number of imidazole rings is 1. The fourth-order valence-electron chi connectivity index (χ4n) is 2.10. The first-order valence-electron chi connectivity index (χ1n) is 5.87. The second-order valence-electron chi connectivity index (χ2n) is 4.72. The van der Waals surface area contributed by atoms with Crippen LogP contribution in [0.3, 0.4) is 0 Å². The minimum Gasteiger partial charge on any atom is -0.382 e. The molecule has 0 radical (unpaired) electrons. The first-order chi connectivity index (χ1) is 8.16. The van der Waals surface area contributed by atoms with E-state index in [9.17, 15) is 0 Å². The fourth-order valence-corrected chi connectivity index (χ4v) is 2.10. The standard InChI is InChI=1S/C13H16N4/c1-8-3-2-4-10(7-8)11-12(14)17(15)13(16-11)9-5-6-9/h2-4,7,9H,5-6,14-15H2,1H3. The first kappa shape index (κ1) is 10.2. The lowest BCUT2D eigenvalue weighted by Crippen LogP contribution is -2.14. The number of rotatable bonds is 2. The maximum absolute atomic E-state index is 6.03. The summed E-state index contributed by atoms with van der Waals surface area (Å²) in [7, 11) is 0. The second kappa shape index (κ2) is 3.52. The number of benzene rings is 1. The molecule has 4 nitrogen and oxygen atoms in total. The Kier molecular flexibility index (Phi) is 2.11. The van der Waals surface area contributed by atoms with E-state index < -0.39 is 0 Å². The van der Waals surface area contributed by atoms with Crippen LogP contribution in [0.25, 0.3) is 11.3 Å². The summed E-state index contributed by atoms with van der Waals surface area (Å²) in [4.78, 5) is 4.60. The van der Waals surface area contributed by atoms with Gasteiger partial charge in [-0.25, -0.2) is 9.66 Å². The van der Waals surface area contributed by atoms with Gasteiger partial charge >= 0.3 is 0 Å². The SMILES string of the molecule is Cc1cccc(-c2nc(C3CC3)n(N)c2N)c1. The zero-order valence-corrected chi connectivity index (χ0v) is 9.85. The van der Waals surface area contributed by atoms with Crippen molar-refractivity contribution in [3.8, 4) is 11.3 Å². The number of nitrogens with two attached hydrogens (primary N) is 2. The highest BCUT2D eigenvalue weighted by Crippen LogP contribution is 2.41. The molecule has 1 fully saturated rings. The zero-order valence-electron chi connectivity index (χ0n) is 9.85. The van der Waals surface area contributed by atoms with Crippen LogP contribution < -0.4 is 11.6 Å². The molecule has 4 N–H and O–H groups in total. The molecule has 1 heterocycles. The van der Waals surface area contributed by atoms with E-state index in [1.807, 2.05) is 12.1 Å². The largest absolute Gasteiger partial charge is 0.382 e. The van der Waals surface area contributed by atoms with Crippen LogP contribution in [0.4, 0.5) is 5.82 Å². The molecule has 3 rings (SSSR count). The van der Waals surface area contributed by atoms with Crippen molar-refractivity contribution in [1.82, 2.24) is 9.66 Å². The number of nitrogen functional groups attached to an aromatic ring is 2. The molecule has 0 unspecified atom stereocenters. The number of anilines is 1. The highest BCUT2D eigenvalue weighted by molar-refractivity contribution is 5.71. The summed E-state index contributed by atoms with van der Waals surface area (Å²) in [5, 5.41) is 0. The summed E-state index contributed by atoms with van der Waals surface area (Å²) in [6.07, 6.45) is 2.34. The van der Waals surface area contributed by atoms with Crippen molar-refractivity contribution in [2.24, 2.45) is 0 Å². The Morgan fingerprint density at radius 2 is 2.12 bits per heavy atom. The molecule has 0 bridgehead atoms. The lowest BCUT2D eigenvalue weighted by molar-refractivity contribution is 0.855. The van der Waals surface area contributed by atoms with Crippen LogP contribution in [0.5, 0.6) is 0 Å². The van der Waals surface area contributed by atoms with Crippen LogP contribution in [0.1, 0.15) is 30.1 Å². The second-order valence-corrected chi connectivity index (χ2v) is 4.72. The van der Waals surface area contributed by atoms with Crippen LogP contribution in [-0.2, 0) is 0 Å². The van der Waals surface area contributed by atoms with Crippen molar-refractivity contribution in [2.75, 3.05) is 11.6 Å². The van der Waals surface area contributed by atoms with E-state index in [0.717, 1.165) is 17.1 Å². The smallest absolute Gasteiger partial charge is 0.150 e. The van der Waals surface area contributed by atoms with E-state index in [1.54, 1.807) is 0 Å². The summed E-state index contributed by atoms with van der Waals surface area (Å²) in [5.74, 6) is 7.92. The van der Waals surface area contributed by atoms with E-state index in [1.165, 1.54) is 23.1 Å². The van der Waals surface area contributed by atoms with Crippen molar-refractivity contribution in [2.45, 2.75) is 25.7 Å². The average molecular weight is 228 g/mol. The van der Waals surface area contributed by atoms with Gasteiger partial charge in [-0.3, -0.25) is 0 Å². The van der Waals surface area contributed by atoms with E-state index in [2.05, 4.69) is 24.0 Å².